The highest BCUT2D eigenvalue weighted by Crippen LogP contribution is 2.28. The van der Waals surface area contributed by atoms with Gasteiger partial charge in [-0.3, -0.25) is 9.59 Å². The van der Waals surface area contributed by atoms with Gasteiger partial charge in [-0.2, -0.15) is 5.10 Å². The van der Waals surface area contributed by atoms with Crippen molar-refractivity contribution < 1.29 is 23.5 Å². The van der Waals surface area contributed by atoms with Crippen LogP contribution in [0, 0.1) is 5.82 Å². The number of nitrogens with zero attached hydrogens (tertiary/aromatic N) is 1. The largest absolute Gasteiger partial charge is 0.483 e. The predicted molar refractivity (Wildman–Crippen MR) is 135 cm³/mol. The molecule has 0 aliphatic carbocycles. The van der Waals surface area contributed by atoms with E-state index in [4.69, 9.17) is 21.1 Å². The van der Waals surface area contributed by atoms with Gasteiger partial charge in [0.05, 0.1) is 21.4 Å². The highest BCUT2D eigenvalue weighted by Gasteiger charge is 2.09. The van der Waals surface area contributed by atoms with E-state index < -0.39 is 17.6 Å². The second-order valence-corrected chi connectivity index (χ2v) is 8.84. The van der Waals surface area contributed by atoms with E-state index in [9.17, 15) is 14.0 Å². The Balaban J connectivity index is 1.46. The van der Waals surface area contributed by atoms with E-state index in [0.717, 1.165) is 4.47 Å². The number of hydrogen-bond donors (Lipinski definition) is 2. The smallest absolute Gasteiger partial charge is 0.277 e. The lowest BCUT2D eigenvalue weighted by molar-refractivity contribution is -0.123. The van der Waals surface area contributed by atoms with E-state index in [1.165, 1.54) is 24.4 Å². The Morgan fingerprint density at radius 3 is 2.41 bits per heavy atom. The number of anilines is 1. The van der Waals surface area contributed by atoms with Gasteiger partial charge in [-0.05, 0) is 70.0 Å². The molecule has 34 heavy (non-hydrogen) atoms. The quantitative estimate of drug-likeness (QED) is 0.245. The number of ether oxygens (including phenoxy) is 2. The maximum absolute atomic E-state index is 13.6. The van der Waals surface area contributed by atoms with Gasteiger partial charge in [0.1, 0.15) is 17.3 Å². The number of rotatable bonds is 9. The molecule has 2 N–H and O–H groups in total. The van der Waals surface area contributed by atoms with Crippen molar-refractivity contribution in [3.05, 3.63) is 86.0 Å². The lowest BCUT2D eigenvalue weighted by atomic mass is 10.2. The molecular formula is C23H17Br2ClFN3O4. The molecule has 0 aromatic heterocycles. The zero-order chi connectivity index (χ0) is 24.5. The Kier molecular flexibility index (Phi) is 9.43. The topological polar surface area (TPSA) is 89.0 Å². The third-order valence-corrected chi connectivity index (χ3v) is 5.53. The molecule has 7 nitrogen and oxygen atoms in total. The van der Waals surface area contributed by atoms with Crippen LogP contribution < -0.4 is 20.2 Å². The van der Waals surface area contributed by atoms with Crippen molar-refractivity contribution in [3.8, 4) is 11.5 Å². The second-order valence-electron chi connectivity index (χ2n) is 6.66. The van der Waals surface area contributed by atoms with Crippen molar-refractivity contribution in [1.29, 1.82) is 0 Å². The molecule has 0 fully saturated rings. The molecule has 176 valence electrons. The van der Waals surface area contributed by atoms with Gasteiger partial charge >= 0.3 is 0 Å². The van der Waals surface area contributed by atoms with Crippen LogP contribution in [0.1, 0.15) is 5.56 Å². The van der Waals surface area contributed by atoms with Gasteiger partial charge in [0, 0.05) is 4.47 Å². The number of nitrogens with one attached hydrogen (secondary N) is 2. The molecule has 3 aromatic carbocycles. The van der Waals surface area contributed by atoms with Crippen LogP contribution in [0.5, 0.6) is 11.5 Å². The summed E-state index contributed by atoms with van der Waals surface area (Å²) in [5.41, 5.74) is 3.01. The molecule has 0 atom stereocenters. The Labute approximate surface area is 216 Å². The molecule has 0 aliphatic heterocycles. The summed E-state index contributed by atoms with van der Waals surface area (Å²) in [5, 5.41) is 6.52. The molecule has 0 unspecified atom stereocenters. The Hall–Kier alpha value is -2.95. The zero-order valence-corrected chi connectivity index (χ0v) is 21.3. The molecule has 3 aromatic rings. The number of para-hydroxylation sites is 1. The van der Waals surface area contributed by atoms with Gasteiger partial charge in [0.15, 0.2) is 13.2 Å². The van der Waals surface area contributed by atoms with Gasteiger partial charge in [0.2, 0.25) is 0 Å². The number of hydrazone groups is 1. The Morgan fingerprint density at radius 2 is 1.68 bits per heavy atom. The second kappa shape index (κ2) is 12.5. The summed E-state index contributed by atoms with van der Waals surface area (Å²) in [6.45, 7) is -0.577. The molecule has 0 aliphatic rings. The number of hydrogen-bond acceptors (Lipinski definition) is 5. The monoisotopic (exact) mass is 611 g/mol. The first-order valence-electron chi connectivity index (χ1n) is 9.68. The first-order chi connectivity index (χ1) is 16.3. The fourth-order valence-electron chi connectivity index (χ4n) is 2.55. The highest BCUT2D eigenvalue weighted by atomic mass is 79.9. The average molecular weight is 614 g/mol. The van der Waals surface area contributed by atoms with Crippen molar-refractivity contribution in [2.24, 2.45) is 5.10 Å². The molecule has 2 amide bonds. The van der Waals surface area contributed by atoms with Crippen LogP contribution in [0.2, 0.25) is 5.02 Å². The summed E-state index contributed by atoms with van der Waals surface area (Å²) in [4.78, 5) is 23.9. The molecular weight excluding hydrogens is 597 g/mol. The Morgan fingerprint density at radius 1 is 0.971 bits per heavy atom. The maximum atomic E-state index is 13.6. The van der Waals surface area contributed by atoms with Crippen LogP contribution in [0.25, 0.3) is 0 Å². The molecule has 11 heteroatoms. The fraction of sp³-hybridized carbons (Fsp3) is 0.0870. The lowest BCUT2D eigenvalue weighted by Gasteiger charge is -2.10. The summed E-state index contributed by atoms with van der Waals surface area (Å²) in [6.07, 6.45) is 1.40. The fourth-order valence-corrected chi connectivity index (χ4v) is 3.96. The van der Waals surface area contributed by atoms with E-state index in [2.05, 4.69) is 47.7 Å². The summed E-state index contributed by atoms with van der Waals surface area (Å²) in [7, 11) is 0. The first-order valence-corrected chi connectivity index (χ1v) is 11.6. The summed E-state index contributed by atoms with van der Waals surface area (Å²) >= 11 is 12.9. The van der Waals surface area contributed by atoms with Crippen LogP contribution >= 0.6 is 43.5 Å². The van der Waals surface area contributed by atoms with Crippen molar-refractivity contribution in [3.63, 3.8) is 0 Å². The average Bonchev–Trinajstić information content (AvgIpc) is 2.79. The molecule has 0 bridgehead atoms. The minimum atomic E-state index is -0.544. The number of carbonyl (C=O) groups is 2. The molecule has 0 saturated carbocycles. The molecule has 0 saturated heterocycles. The molecule has 3 rings (SSSR count). The van der Waals surface area contributed by atoms with Crippen LogP contribution in [0.15, 0.2) is 74.7 Å². The van der Waals surface area contributed by atoms with Crippen molar-refractivity contribution >= 4 is 67.2 Å². The van der Waals surface area contributed by atoms with E-state index in [-0.39, 0.29) is 29.7 Å². The van der Waals surface area contributed by atoms with E-state index in [0.29, 0.717) is 15.8 Å². The van der Waals surface area contributed by atoms with E-state index in [1.54, 1.807) is 42.5 Å². The summed E-state index contributed by atoms with van der Waals surface area (Å²) in [6, 6.07) is 15.9. The Bertz CT molecular complexity index is 1230. The zero-order valence-electron chi connectivity index (χ0n) is 17.4. The van der Waals surface area contributed by atoms with Crippen molar-refractivity contribution in [2.75, 3.05) is 18.5 Å². The van der Waals surface area contributed by atoms with Gasteiger partial charge in [-0.1, -0.05) is 39.7 Å². The van der Waals surface area contributed by atoms with Gasteiger partial charge < -0.3 is 14.8 Å². The van der Waals surface area contributed by atoms with Crippen molar-refractivity contribution in [1.82, 2.24) is 5.43 Å². The van der Waals surface area contributed by atoms with E-state index >= 15 is 0 Å². The standard InChI is InChI=1S/C23H17Br2ClFN3O4/c24-15-6-8-20(16(25)10-15)33-13-23(32)30-28-11-14-5-7-21(17(26)9-14)34-12-22(31)29-19-4-2-1-3-18(19)27/h1-11H,12-13H2,(H,29,31)(H,30,32)/b28-11+. The molecule has 0 radical (unpaired) electrons. The number of amides is 2. The molecule has 0 spiro atoms. The summed E-state index contributed by atoms with van der Waals surface area (Å²) < 4.78 is 26.0. The number of benzene rings is 3. The van der Waals surface area contributed by atoms with Crippen LogP contribution in [-0.4, -0.2) is 31.2 Å². The third kappa shape index (κ3) is 7.82. The minimum Gasteiger partial charge on any atom is -0.483 e. The SMILES string of the molecule is O=C(COc1ccc(Br)cc1Br)N/N=C/c1ccc(OCC(=O)Nc2ccccc2F)c(Cl)c1. The van der Waals surface area contributed by atoms with Crippen LogP contribution in [-0.2, 0) is 9.59 Å². The maximum Gasteiger partial charge on any atom is 0.277 e. The van der Waals surface area contributed by atoms with Gasteiger partial charge in [-0.15, -0.1) is 0 Å². The van der Waals surface area contributed by atoms with Crippen LogP contribution in [0.4, 0.5) is 10.1 Å². The van der Waals surface area contributed by atoms with Gasteiger partial charge in [-0.25, -0.2) is 9.82 Å². The van der Waals surface area contributed by atoms with E-state index in [1.807, 2.05) is 0 Å². The highest BCUT2D eigenvalue weighted by molar-refractivity contribution is 9.11. The van der Waals surface area contributed by atoms with Gasteiger partial charge in [0.25, 0.3) is 11.8 Å². The van der Waals surface area contributed by atoms with Crippen LogP contribution in [0.3, 0.4) is 0 Å². The third-order valence-electron chi connectivity index (χ3n) is 4.12. The molecule has 0 heterocycles. The predicted octanol–water partition coefficient (Wildman–Crippen LogP) is 5.55. The lowest BCUT2D eigenvalue weighted by Crippen LogP contribution is -2.24. The first kappa shape index (κ1) is 25.7. The van der Waals surface area contributed by atoms with Crippen molar-refractivity contribution in [2.45, 2.75) is 0 Å². The number of carbonyl (C=O) groups excluding carboxylic acids is 2. The summed E-state index contributed by atoms with van der Waals surface area (Å²) in [5.74, 6) is -0.741. The number of halogens is 4. The minimum absolute atomic E-state index is 0.0608. The normalized spacial score (nSPS) is 10.7.